The first-order chi connectivity index (χ1) is 8.04. The minimum atomic E-state index is -4.81. The lowest BCUT2D eigenvalue weighted by molar-refractivity contribution is -0.249. The third-order valence-corrected chi connectivity index (χ3v) is 2.61. The Morgan fingerprint density at radius 2 is 2.11 bits per heavy atom. The number of rotatable bonds is 3. The van der Waals surface area contributed by atoms with Crippen molar-refractivity contribution >= 4 is 17.5 Å². The molecular weight excluding hydrogens is 273 g/mol. The predicted octanol–water partition coefficient (Wildman–Crippen LogP) is 1.72. The number of carbonyl (C=O) groups is 1. The third kappa shape index (κ3) is 3.17. The van der Waals surface area contributed by atoms with Crippen molar-refractivity contribution in [1.82, 2.24) is 9.88 Å². The van der Waals surface area contributed by atoms with Crippen LogP contribution >= 0.6 is 11.6 Å². The summed E-state index contributed by atoms with van der Waals surface area (Å²) in [5.74, 6) is -0.742. The van der Waals surface area contributed by atoms with Gasteiger partial charge in [-0.3, -0.25) is 4.79 Å². The lowest BCUT2D eigenvalue weighted by Crippen LogP contribution is -2.51. The smallest absolute Gasteiger partial charge is 0.379 e. The van der Waals surface area contributed by atoms with E-state index in [1.165, 1.54) is 23.9 Å². The maximum absolute atomic E-state index is 12.3. The molecule has 0 saturated heterocycles. The van der Waals surface area contributed by atoms with Gasteiger partial charge in [-0.05, 0) is 13.0 Å². The maximum atomic E-state index is 12.3. The van der Waals surface area contributed by atoms with Gasteiger partial charge in [0.2, 0.25) is 0 Å². The quantitative estimate of drug-likeness (QED) is 0.888. The van der Waals surface area contributed by atoms with Crippen molar-refractivity contribution in [1.29, 1.82) is 0 Å². The molecule has 1 unspecified atom stereocenters. The molecule has 18 heavy (non-hydrogen) atoms. The van der Waals surface area contributed by atoms with Crippen LogP contribution in [0.1, 0.15) is 17.4 Å². The topological polar surface area (TPSA) is 54.3 Å². The summed E-state index contributed by atoms with van der Waals surface area (Å²) < 4.78 is 38.4. The maximum Gasteiger partial charge on any atom is 0.418 e. The molecule has 0 aliphatic rings. The van der Waals surface area contributed by atoms with Crippen molar-refractivity contribution < 1.29 is 23.1 Å². The molecule has 0 spiro atoms. The molecular formula is C10H12ClF3N2O2. The van der Waals surface area contributed by atoms with E-state index < -0.39 is 24.2 Å². The van der Waals surface area contributed by atoms with E-state index in [2.05, 4.69) is 0 Å². The highest BCUT2D eigenvalue weighted by Gasteiger charge is 2.49. The molecule has 0 aliphatic heterocycles. The second-order valence-electron chi connectivity index (χ2n) is 4.11. The number of amides is 1. The Labute approximate surface area is 106 Å². The first kappa shape index (κ1) is 14.8. The molecule has 1 rings (SSSR count). The molecule has 0 aliphatic carbocycles. The average molecular weight is 285 g/mol. The van der Waals surface area contributed by atoms with Crippen molar-refractivity contribution in [2.75, 3.05) is 6.54 Å². The molecule has 1 aromatic heterocycles. The van der Waals surface area contributed by atoms with Crippen LogP contribution in [0.4, 0.5) is 13.2 Å². The molecule has 8 heteroatoms. The molecule has 1 amide bonds. The molecule has 0 radical (unpaired) electrons. The number of aliphatic hydroxyl groups is 1. The minimum absolute atomic E-state index is 0.109. The molecule has 102 valence electrons. The number of nitrogens with one attached hydrogen (secondary N) is 1. The molecule has 0 saturated carbocycles. The van der Waals surface area contributed by atoms with Gasteiger partial charge in [0.05, 0.1) is 11.6 Å². The third-order valence-electron chi connectivity index (χ3n) is 2.41. The number of alkyl halides is 3. The van der Waals surface area contributed by atoms with E-state index in [9.17, 15) is 18.0 Å². The van der Waals surface area contributed by atoms with Gasteiger partial charge in [-0.2, -0.15) is 13.2 Å². The standard InChI is InChI=1S/C10H12ClF3N2O2/c1-9(18,10(12,13)14)5-15-8(17)7-3-6(11)4-16(7)2/h3-4,18H,5H2,1-2H3,(H,15,17). The van der Waals surface area contributed by atoms with Gasteiger partial charge in [-0.15, -0.1) is 0 Å². The second kappa shape index (κ2) is 4.81. The van der Waals surface area contributed by atoms with Gasteiger partial charge in [0.1, 0.15) is 5.69 Å². The Morgan fingerprint density at radius 3 is 2.50 bits per heavy atom. The van der Waals surface area contributed by atoms with Crippen LogP contribution in [0.25, 0.3) is 0 Å². The van der Waals surface area contributed by atoms with Crippen LogP contribution in [-0.4, -0.2) is 33.9 Å². The number of aryl methyl sites for hydroxylation is 1. The summed E-state index contributed by atoms with van der Waals surface area (Å²) in [7, 11) is 1.53. The molecule has 1 aromatic rings. The predicted molar refractivity (Wildman–Crippen MR) is 59.4 cm³/mol. The molecule has 2 N–H and O–H groups in total. The van der Waals surface area contributed by atoms with Gasteiger partial charge >= 0.3 is 6.18 Å². The van der Waals surface area contributed by atoms with Gasteiger partial charge in [-0.1, -0.05) is 11.6 Å². The fraction of sp³-hybridized carbons (Fsp3) is 0.500. The molecule has 0 bridgehead atoms. The molecule has 1 heterocycles. The fourth-order valence-electron chi connectivity index (χ4n) is 1.19. The van der Waals surface area contributed by atoms with Gasteiger partial charge in [0.25, 0.3) is 5.91 Å². The molecule has 0 fully saturated rings. The zero-order valence-electron chi connectivity index (χ0n) is 9.68. The number of hydrogen-bond acceptors (Lipinski definition) is 2. The van der Waals surface area contributed by atoms with E-state index in [1.807, 2.05) is 5.32 Å². The summed E-state index contributed by atoms with van der Waals surface area (Å²) in [5.41, 5.74) is -2.87. The lowest BCUT2D eigenvalue weighted by atomic mass is 10.1. The van der Waals surface area contributed by atoms with Gasteiger partial charge < -0.3 is 15.0 Å². The zero-order chi connectivity index (χ0) is 14.1. The molecule has 0 aromatic carbocycles. The van der Waals surface area contributed by atoms with E-state index in [4.69, 9.17) is 16.7 Å². The summed E-state index contributed by atoms with van der Waals surface area (Å²) in [5, 5.41) is 11.5. The van der Waals surface area contributed by atoms with Crippen molar-refractivity contribution in [3.8, 4) is 0 Å². The summed E-state index contributed by atoms with van der Waals surface area (Å²) in [6, 6.07) is 1.32. The minimum Gasteiger partial charge on any atom is -0.379 e. The van der Waals surface area contributed by atoms with E-state index in [-0.39, 0.29) is 5.69 Å². The van der Waals surface area contributed by atoms with Gasteiger partial charge in [-0.25, -0.2) is 0 Å². The number of nitrogens with zero attached hydrogens (tertiary/aromatic N) is 1. The van der Waals surface area contributed by atoms with E-state index in [0.717, 1.165) is 0 Å². The van der Waals surface area contributed by atoms with E-state index in [0.29, 0.717) is 11.9 Å². The van der Waals surface area contributed by atoms with Crippen LogP contribution in [0.2, 0.25) is 5.02 Å². The Morgan fingerprint density at radius 1 is 1.56 bits per heavy atom. The summed E-state index contributed by atoms with van der Waals surface area (Å²) in [6.45, 7) is -0.344. The van der Waals surface area contributed by atoms with Crippen LogP contribution in [0, 0.1) is 0 Å². The highest BCUT2D eigenvalue weighted by Crippen LogP contribution is 2.29. The number of carbonyl (C=O) groups excluding carboxylic acids is 1. The monoisotopic (exact) mass is 284 g/mol. The SMILES string of the molecule is Cn1cc(Cl)cc1C(=O)NCC(C)(O)C(F)(F)F. The number of halogens is 4. The van der Waals surface area contributed by atoms with Crippen LogP contribution < -0.4 is 5.32 Å². The van der Waals surface area contributed by atoms with Crippen LogP contribution in [0.3, 0.4) is 0 Å². The first-order valence-electron chi connectivity index (χ1n) is 4.94. The normalized spacial score (nSPS) is 15.3. The van der Waals surface area contributed by atoms with Crippen molar-refractivity contribution in [2.45, 2.75) is 18.7 Å². The first-order valence-corrected chi connectivity index (χ1v) is 5.31. The Balaban J connectivity index is 2.71. The highest BCUT2D eigenvalue weighted by molar-refractivity contribution is 6.31. The number of aromatic nitrogens is 1. The Bertz CT molecular complexity index is 454. The van der Waals surface area contributed by atoms with E-state index >= 15 is 0 Å². The Hall–Kier alpha value is -1.21. The van der Waals surface area contributed by atoms with Crippen molar-refractivity contribution in [3.05, 3.63) is 23.0 Å². The Kier molecular flexibility index (Phi) is 3.97. The fourth-order valence-corrected chi connectivity index (χ4v) is 1.44. The number of hydrogen-bond donors (Lipinski definition) is 2. The second-order valence-corrected chi connectivity index (χ2v) is 4.55. The molecule has 4 nitrogen and oxygen atoms in total. The summed E-state index contributed by atoms with van der Waals surface area (Å²) in [6.07, 6.45) is -3.37. The van der Waals surface area contributed by atoms with Crippen LogP contribution in [0.5, 0.6) is 0 Å². The molecule has 1 atom stereocenters. The zero-order valence-corrected chi connectivity index (χ0v) is 10.4. The summed E-state index contributed by atoms with van der Waals surface area (Å²) >= 11 is 5.64. The van der Waals surface area contributed by atoms with Crippen molar-refractivity contribution in [3.63, 3.8) is 0 Å². The summed E-state index contributed by atoms with van der Waals surface area (Å²) in [4.78, 5) is 11.6. The van der Waals surface area contributed by atoms with Crippen LogP contribution in [0.15, 0.2) is 12.3 Å². The largest absolute Gasteiger partial charge is 0.418 e. The van der Waals surface area contributed by atoms with Crippen molar-refractivity contribution in [2.24, 2.45) is 7.05 Å². The average Bonchev–Trinajstić information content (AvgIpc) is 2.53. The van der Waals surface area contributed by atoms with Crippen LogP contribution in [-0.2, 0) is 7.05 Å². The van der Waals surface area contributed by atoms with E-state index in [1.54, 1.807) is 0 Å². The van der Waals surface area contributed by atoms with Gasteiger partial charge in [0.15, 0.2) is 5.60 Å². The highest BCUT2D eigenvalue weighted by atomic mass is 35.5. The lowest BCUT2D eigenvalue weighted by Gasteiger charge is -2.26. The van der Waals surface area contributed by atoms with Gasteiger partial charge in [0, 0.05) is 13.2 Å².